The van der Waals surface area contributed by atoms with Crippen LogP contribution in [0.25, 0.3) is 0 Å². The second kappa shape index (κ2) is 8.17. The van der Waals surface area contributed by atoms with E-state index in [1.54, 1.807) is 24.3 Å². The fourth-order valence-electron chi connectivity index (χ4n) is 2.06. The molecule has 24 heavy (non-hydrogen) atoms. The zero-order chi connectivity index (χ0) is 17.6. The van der Waals surface area contributed by atoms with E-state index >= 15 is 0 Å². The smallest absolute Gasteiger partial charge is 0.261 e. The molecule has 2 aromatic carbocycles. The van der Waals surface area contributed by atoms with E-state index in [4.69, 9.17) is 11.6 Å². The summed E-state index contributed by atoms with van der Waals surface area (Å²) in [5, 5.41) is 3.23. The lowest BCUT2D eigenvalue weighted by molar-refractivity contribution is 0.0954. The molecule has 0 unspecified atom stereocenters. The quantitative estimate of drug-likeness (QED) is 0.734. The number of para-hydroxylation sites is 1. The SMILES string of the molecule is CCCCNC(=O)c1ccccc1NS(=O)(=O)c1ccc(Cl)cc1. The van der Waals surface area contributed by atoms with E-state index in [1.807, 2.05) is 6.92 Å². The molecule has 0 aliphatic heterocycles. The molecule has 5 nitrogen and oxygen atoms in total. The van der Waals surface area contributed by atoms with Gasteiger partial charge in [0.15, 0.2) is 0 Å². The van der Waals surface area contributed by atoms with Crippen LogP contribution in [0.1, 0.15) is 30.1 Å². The van der Waals surface area contributed by atoms with E-state index in [-0.39, 0.29) is 22.1 Å². The number of hydrogen-bond acceptors (Lipinski definition) is 3. The molecule has 0 bridgehead atoms. The fraction of sp³-hybridized carbons (Fsp3) is 0.235. The van der Waals surface area contributed by atoms with Gasteiger partial charge in [-0.3, -0.25) is 9.52 Å². The maximum Gasteiger partial charge on any atom is 0.261 e. The lowest BCUT2D eigenvalue weighted by atomic mass is 10.1. The number of halogens is 1. The number of unbranched alkanes of at least 4 members (excludes halogenated alkanes) is 1. The largest absolute Gasteiger partial charge is 0.352 e. The fourth-order valence-corrected chi connectivity index (χ4v) is 3.27. The molecule has 0 saturated heterocycles. The summed E-state index contributed by atoms with van der Waals surface area (Å²) in [7, 11) is -3.80. The third-order valence-electron chi connectivity index (χ3n) is 3.36. The Balaban J connectivity index is 2.23. The van der Waals surface area contributed by atoms with Gasteiger partial charge in [-0.1, -0.05) is 37.1 Å². The Morgan fingerprint density at radius 1 is 1.08 bits per heavy atom. The Hall–Kier alpha value is -2.05. The van der Waals surface area contributed by atoms with Crippen molar-refractivity contribution < 1.29 is 13.2 Å². The van der Waals surface area contributed by atoms with Crippen molar-refractivity contribution in [2.75, 3.05) is 11.3 Å². The number of benzene rings is 2. The van der Waals surface area contributed by atoms with Gasteiger partial charge in [-0.2, -0.15) is 0 Å². The molecule has 0 aliphatic carbocycles. The zero-order valence-electron chi connectivity index (χ0n) is 13.3. The average molecular weight is 367 g/mol. The molecule has 0 atom stereocenters. The minimum atomic E-state index is -3.80. The van der Waals surface area contributed by atoms with Crippen LogP contribution in [0.2, 0.25) is 5.02 Å². The maximum absolute atomic E-state index is 12.5. The van der Waals surface area contributed by atoms with Crippen molar-refractivity contribution in [2.24, 2.45) is 0 Å². The number of nitrogens with one attached hydrogen (secondary N) is 2. The number of carbonyl (C=O) groups is 1. The van der Waals surface area contributed by atoms with E-state index in [2.05, 4.69) is 10.0 Å². The summed E-state index contributed by atoms with van der Waals surface area (Å²) < 4.78 is 27.4. The van der Waals surface area contributed by atoms with Gasteiger partial charge in [0.05, 0.1) is 16.1 Å². The first-order valence-corrected chi connectivity index (χ1v) is 9.46. The summed E-state index contributed by atoms with van der Waals surface area (Å²) in [5.74, 6) is -0.308. The molecule has 0 spiro atoms. The van der Waals surface area contributed by atoms with Crippen LogP contribution >= 0.6 is 11.6 Å². The normalized spacial score (nSPS) is 11.1. The van der Waals surface area contributed by atoms with Gasteiger partial charge in [0.1, 0.15) is 0 Å². The van der Waals surface area contributed by atoms with Gasteiger partial charge in [-0.05, 0) is 42.8 Å². The Bertz CT molecular complexity index is 805. The van der Waals surface area contributed by atoms with Crippen molar-refractivity contribution in [1.29, 1.82) is 0 Å². The number of anilines is 1. The van der Waals surface area contributed by atoms with Crippen molar-refractivity contribution in [3.63, 3.8) is 0 Å². The summed E-state index contributed by atoms with van der Waals surface area (Å²) in [5.41, 5.74) is 0.521. The molecule has 0 aromatic heterocycles. The Morgan fingerprint density at radius 3 is 2.42 bits per heavy atom. The van der Waals surface area contributed by atoms with Crippen molar-refractivity contribution in [3.8, 4) is 0 Å². The van der Waals surface area contributed by atoms with Crippen molar-refractivity contribution >= 4 is 33.2 Å². The first-order chi connectivity index (χ1) is 11.4. The van der Waals surface area contributed by atoms with Crippen LogP contribution < -0.4 is 10.0 Å². The van der Waals surface area contributed by atoms with Gasteiger partial charge in [-0.15, -0.1) is 0 Å². The molecule has 0 saturated carbocycles. The second-order valence-electron chi connectivity index (χ2n) is 5.21. The summed E-state index contributed by atoms with van der Waals surface area (Å²) in [4.78, 5) is 12.3. The molecular formula is C17H19ClN2O3S. The van der Waals surface area contributed by atoms with Crippen LogP contribution in [0.3, 0.4) is 0 Å². The Morgan fingerprint density at radius 2 is 1.75 bits per heavy atom. The van der Waals surface area contributed by atoms with Crippen LogP contribution in [0, 0.1) is 0 Å². The first kappa shape index (κ1) is 18.3. The molecule has 2 N–H and O–H groups in total. The van der Waals surface area contributed by atoms with Gasteiger partial charge in [-0.25, -0.2) is 8.42 Å². The molecule has 128 valence electrons. The van der Waals surface area contributed by atoms with Gasteiger partial charge in [0.25, 0.3) is 15.9 Å². The van der Waals surface area contributed by atoms with Gasteiger partial charge < -0.3 is 5.32 Å². The molecule has 0 radical (unpaired) electrons. The number of amides is 1. The van der Waals surface area contributed by atoms with E-state index in [1.165, 1.54) is 24.3 Å². The van der Waals surface area contributed by atoms with Crippen LogP contribution in [0.15, 0.2) is 53.4 Å². The summed E-state index contributed by atoms with van der Waals surface area (Å²) >= 11 is 5.78. The molecule has 0 heterocycles. The van der Waals surface area contributed by atoms with E-state index in [0.29, 0.717) is 11.6 Å². The number of carbonyl (C=O) groups excluding carboxylic acids is 1. The van der Waals surface area contributed by atoms with Crippen molar-refractivity contribution in [2.45, 2.75) is 24.7 Å². The molecular weight excluding hydrogens is 348 g/mol. The van der Waals surface area contributed by atoms with Crippen molar-refractivity contribution in [3.05, 3.63) is 59.1 Å². The number of hydrogen-bond donors (Lipinski definition) is 2. The molecule has 2 rings (SSSR count). The van der Waals surface area contributed by atoms with E-state index in [0.717, 1.165) is 12.8 Å². The second-order valence-corrected chi connectivity index (χ2v) is 7.33. The number of sulfonamides is 1. The lowest BCUT2D eigenvalue weighted by Crippen LogP contribution is -2.26. The van der Waals surface area contributed by atoms with Crippen molar-refractivity contribution in [1.82, 2.24) is 5.32 Å². The Kier molecular flexibility index (Phi) is 6.23. The third kappa shape index (κ3) is 4.72. The Labute approximate surface area is 147 Å². The maximum atomic E-state index is 12.5. The predicted molar refractivity (Wildman–Crippen MR) is 95.9 cm³/mol. The molecule has 0 fully saturated rings. The van der Waals surface area contributed by atoms with Gasteiger partial charge >= 0.3 is 0 Å². The molecule has 7 heteroatoms. The van der Waals surface area contributed by atoms with Crippen LogP contribution in [-0.4, -0.2) is 20.9 Å². The topological polar surface area (TPSA) is 75.3 Å². The number of rotatable bonds is 7. The van der Waals surface area contributed by atoms with Gasteiger partial charge in [0.2, 0.25) is 0 Å². The molecule has 0 aliphatic rings. The standard InChI is InChI=1S/C17H19ClN2O3S/c1-2-3-12-19-17(21)15-6-4-5-7-16(15)20-24(22,23)14-10-8-13(18)9-11-14/h4-11,20H,2-3,12H2,1H3,(H,19,21). The predicted octanol–water partition coefficient (Wildman–Crippen LogP) is 3.67. The summed E-state index contributed by atoms with van der Waals surface area (Å²) in [6.07, 6.45) is 1.83. The average Bonchev–Trinajstić information content (AvgIpc) is 2.55. The molecule has 2 aromatic rings. The first-order valence-electron chi connectivity index (χ1n) is 7.59. The monoisotopic (exact) mass is 366 g/mol. The van der Waals surface area contributed by atoms with Crippen LogP contribution in [0.5, 0.6) is 0 Å². The minimum absolute atomic E-state index is 0.0769. The zero-order valence-corrected chi connectivity index (χ0v) is 14.8. The van der Waals surface area contributed by atoms with Gasteiger partial charge in [0, 0.05) is 11.6 Å². The van der Waals surface area contributed by atoms with E-state index in [9.17, 15) is 13.2 Å². The minimum Gasteiger partial charge on any atom is -0.352 e. The highest BCUT2D eigenvalue weighted by Crippen LogP contribution is 2.21. The summed E-state index contributed by atoms with van der Waals surface area (Å²) in [6.45, 7) is 2.58. The van der Waals surface area contributed by atoms with Crippen LogP contribution in [0.4, 0.5) is 5.69 Å². The summed E-state index contributed by atoms with van der Waals surface area (Å²) in [6, 6.07) is 12.3. The highest BCUT2D eigenvalue weighted by Gasteiger charge is 2.18. The third-order valence-corrected chi connectivity index (χ3v) is 4.99. The van der Waals surface area contributed by atoms with E-state index < -0.39 is 10.0 Å². The highest BCUT2D eigenvalue weighted by atomic mass is 35.5. The lowest BCUT2D eigenvalue weighted by Gasteiger charge is -2.12. The van der Waals surface area contributed by atoms with Crippen LogP contribution in [-0.2, 0) is 10.0 Å². The highest BCUT2D eigenvalue weighted by molar-refractivity contribution is 7.92. The molecule has 1 amide bonds.